The first-order valence-electron chi connectivity index (χ1n) is 13.8. The number of nitrogens with two attached hydrogens (primary N) is 1. The fourth-order valence-electron chi connectivity index (χ4n) is 6.91. The second-order valence-corrected chi connectivity index (χ2v) is 12.5. The largest absolute Gasteiger partial charge is 0.398 e. The van der Waals surface area contributed by atoms with Gasteiger partial charge in [0.25, 0.3) is 0 Å². The minimum absolute atomic E-state index is 0.00125. The Balaban J connectivity index is 1.60. The van der Waals surface area contributed by atoms with Crippen molar-refractivity contribution >= 4 is 46.8 Å². The predicted octanol–water partition coefficient (Wildman–Crippen LogP) is 5.41. The van der Waals surface area contributed by atoms with Gasteiger partial charge in [-0.25, -0.2) is 0 Å². The summed E-state index contributed by atoms with van der Waals surface area (Å²) in [6.45, 7) is 17.7. The summed E-state index contributed by atoms with van der Waals surface area (Å²) in [5, 5.41) is 14.3. The molecule has 3 heterocycles. The summed E-state index contributed by atoms with van der Waals surface area (Å²) in [6.07, 6.45) is 5.54. The number of carbonyl (C=O) groups is 1. The summed E-state index contributed by atoms with van der Waals surface area (Å²) in [5.74, 6) is 0.874. The van der Waals surface area contributed by atoms with Crippen molar-refractivity contribution in [3.63, 3.8) is 0 Å². The number of hydrogen-bond donors (Lipinski definition) is 2. The summed E-state index contributed by atoms with van der Waals surface area (Å²) in [7, 11) is 0. The van der Waals surface area contributed by atoms with Crippen molar-refractivity contribution in [2.24, 2.45) is 5.41 Å². The van der Waals surface area contributed by atoms with Gasteiger partial charge in [-0.1, -0.05) is 43.6 Å². The van der Waals surface area contributed by atoms with Crippen LogP contribution in [0, 0.1) is 17.7 Å². The Hall–Kier alpha value is -2.55. The van der Waals surface area contributed by atoms with E-state index in [1.807, 2.05) is 4.90 Å². The van der Waals surface area contributed by atoms with Gasteiger partial charge in [0.1, 0.15) is 0 Å². The van der Waals surface area contributed by atoms with Crippen molar-refractivity contribution in [3.05, 3.63) is 40.0 Å². The number of hydrogen-bond acceptors (Lipinski definition) is 6. The molecule has 3 N–H and O–H groups in total. The number of piperazine rings is 1. The van der Waals surface area contributed by atoms with Crippen molar-refractivity contribution in [2.75, 3.05) is 49.9 Å². The molecule has 5 rings (SSSR count). The summed E-state index contributed by atoms with van der Waals surface area (Å²) >= 11 is 13.4. The van der Waals surface area contributed by atoms with E-state index in [9.17, 15) is 4.79 Å². The van der Waals surface area contributed by atoms with E-state index in [4.69, 9.17) is 39.4 Å². The third kappa shape index (κ3) is 4.45. The van der Waals surface area contributed by atoms with E-state index in [0.29, 0.717) is 26.9 Å². The third-order valence-electron chi connectivity index (χ3n) is 9.36. The predicted molar refractivity (Wildman–Crippen MR) is 160 cm³/mol. The first kappa shape index (κ1) is 28.0. The van der Waals surface area contributed by atoms with Crippen LogP contribution in [0.25, 0.3) is 11.1 Å². The lowest BCUT2D eigenvalue weighted by Gasteiger charge is -2.58. The molecule has 10 heteroatoms. The van der Waals surface area contributed by atoms with Crippen LogP contribution in [0.3, 0.4) is 0 Å². The third-order valence-corrected chi connectivity index (χ3v) is 10.1. The fourth-order valence-corrected chi connectivity index (χ4v) is 7.37. The van der Waals surface area contributed by atoms with E-state index < -0.39 is 0 Å². The van der Waals surface area contributed by atoms with E-state index in [-0.39, 0.29) is 22.9 Å². The van der Waals surface area contributed by atoms with Crippen LogP contribution < -0.4 is 10.6 Å². The zero-order valence-corrected chi connectivity index (χ0v) is 24.9. The summed E-state index contributed by atoms with van der Waals surface area (Å²) < 4.78 is 2.15. The number of aromatic nitrogens is 2. The molecule has 1 aliphatic carbocycles. The molecule has 1 amide bonds. The normalized spacial score (nSPS) is 23.0. The Morgan fingerprint density at radius 3 is 2.51 bits per heavy atom. The molecule has 3 fully saturated rings. The van der Waals surface area contributed by atoms with Crippen molar-refractivity contribution in [1.29, 1.82) is 5.41 Å². The number of anilines is 2. The fraction of sp³-hybridized carbons (Fsp3) is 0.552. The highest BCUT2D eigenvalue weighted by molar-refractivity contribution is 6.44. The molecule has 1 atom stereocenters. The lowest BCUT2D eigenvalue weighted by atomic mass is 9.60. The second kappa shape index (κ2) is 10.1. The maximum atomic E-state index is 12.0. The topological polar surface area (TPSA) is 94.5 Å². The first-order chi connectivity index (χ1) is 18.5. The monoisotopic (exact) mass is 571 g/mol. The Kier molecular flexibility index (Phi) is 7.27. The Bertz CT molecular complexity index is 1320. The molecule has 39 heavy (non-hydrogen) atoms. The highest BCUT2D eigenvalue weighted by atomic mass is 35.5. The second-order valence-electron chi connectivity index (χ2n) is 11.8. The number of nitrogens with one attached hydrogen (secondary N) is 1. The molecule has 3 aliphatic rings. The SMILES string of the molecule is C=CC(=O)N1CC2(CC(n3nc(N4CCN(CC)C[C@]4(C)CC)c(-c4c(Cl)c(Cl)cc(N)c4C=N)c3C)C2)C1. The van der Waals surface area contributed by atoms with Gasteiger partial charge >= 0.3 is 0 Å². The van der Waals surface area contributed by atoms with Gasteiger partial charge < -0.3 is 20.9 Å². The van der Waals surface area contributed by atoms with Gasteiger partial charge in [0.05, 0.1) is 21.6 Å². The number of rotatable bonds is 7. The summed E-state index contributed by atoms with van der Waals surface area (Å²) in [5.41, 5.74) is 9.94. The molecule has 0 bridgehead atoms. The molecular formula is C29H39Cl2N7O. The molecule has 0 radical (unpaired) electrons. The number of nitrogens with zero attached hydrogens (tertiary/aromatic N) is 5. The molecule has 1 aromatic heterocycles. The number of nitrogen functional groups attached to an aromatic ring is 1. The maximum absolute atomic E-state index is 12.0. The van der Waals surface area contributed by atoms with Crippen LogP contribution in [0.1, 0.15) is 57.3 Å². The van der Waals surface area contributed by atoms with Crippen LogP contribution in [0.5, 0.6) is 0 Å². The zero-order chi connectivity index (χ0) is 28.3. The van der Waals surface area contributed by atoms with E-state index >= 15 is 0 Å². The molecule has 1 saturated carbocycles. The molecule has 1 spiro atoms. The Morgan fingerprint density at radius 1 is 1.23 bits per heavy atom. The molecule has 8 nitrogen and oxygen atoms in total. The van der Waals surface area contributed by atoms with Crippen LogP contribution in [0.15, 0.2) is 18.7 Å². The number of likely N-dealkylation sites (tertiary alicyclic amines) is 1. The number of amides is 1. The maximum Gasteiger partial charge on any atom is 0.245 e. The molecule has 210 valence electrons. The zero-order valence-electron chi connectivity index (χ0n) is 23.4. The van der Waals surface area contributed by atoms with Crippen LogP contribution in [-0.2, 0) is 4.79 Å². The Labute approximate surface area is 241 Å². The summed E-state index contributed by atoms with van der Waals surface area (Å²) in [6, 6.07) is 1.84. The highest BCUT2D eigenvalue weighted by Crippen LogP contribution is 2.56. The highest BCUT2D eigenvalue weighted by Gasteiger charge is 2.54. The average Bonchev–Trinajstić information content (AvgIpc) is 3.19. The molecule has 1 aromatic carbocycles. The van der Waals surface area contributed by atoms with E-state index in [1.165, 1.54) is 12.3 Å². The van der Waals surface area contributed by atoms with Crippen LogP contribution in [0.4, 0.5) is 11.5 Å². The molecule has 2 aliphatic heterocycles. The van der Waals surface area contributed by atoms with Crippen molar-refractivity contribution in [3.8, 4) is 11.1 Å². The van der Waals surface area contributed by atoms with Crippen molar-refractivity contribution in [1.82, 2.24) is 19.6 Å². The van der Waals surface area contributed by atoms with Gasteiger partial charge in [-0.15, -0.1) is 0 Å². The average molecular weight is 573 g/mol. The number of halogens is 2. The van der Waals surface area contributed by atoms with Crippen LogP contribution in [-0.4, -0.2) is 76.5 Å². The standard InChI is InChI=1S/C29H39Cl2N7O/c1-6-23(39)36-16-29(17-36)12-19(13-29)38-18(4)24(25-20(14-32)22(33)11-21(30)26(25)31)27(34-38)37-10-9-35(8-3)15-28(37,5)7-2/h6,11,14,19,32H,1,7-10,12-13,15-17,33H2,2-5H3/t28-/m0/s1. The van der Waals surface area contributed by atoms with E-state index in [2.05, 4.69) is 48.8 Å². The van der Waals surface area contributed by atoms with Gasteiger partial charge in [-0.3, -0.25) is 14.4 Å². The van der Waals surface area contributed by atoms with Gasteiger partial charge in [0.2, 0.25) is 5.91 Å². The summed E-state index contributed by atoms with van der Waals surface area (Å²) in [4.78, 5) is 18.8. The quantitative estimate of drug-likeness (QED) is 0.263. The lowest BCUT2D eigenvalue weighted by Crippen LogP contribution is -2.63. The van der Waals surface area contributed by atoms with Gasteiger partial charge in [0.15, 0.2) is 5.82 Å². The number of carbonyl (C=O) groups excluding carboxylic acids is 1. The smallest absolute Gasteiger partial charge is 0.245 e. The van der Waals surface area contributed by atoms with E-state index in [0.717, 1.165) is 75.6 Å². The van der Waals surface area contributed by atoms with Crippen LogP contribution >= 0.6 is 23.2 Å². The first-order valence-corrected chi connectivity index (χ1v) is 14.6. The Morgan fingerprint density at radius 2 is 1.92 bits per heavy atom. The number of benzene rings is 1. The number of likely N-dealkylation sites (N-methyl/N-ethyl adjacent to an activating group) is 1. The molecule has 2 aromatic rings. The molecule has 0 unspecified atom stereocenters. The minimum atomic E-state index is -0.129. The van der Waals surface area contributed by atoms with Gasteiger partial charge in [-0.05, 0) is 51.8 Å². The lowest BCUT2D eigenvalue weighted by molar-refractivity contribution is -0.149. The molecular weight excluding hydrogens is 533 g/mol. The van der Waals surface area contributed by atoms with Crippen molar-refractivity contribution < 1.29 is 4.79 Å². The van der Waals surface area contributed by atoms with Gasteiger partial charge in [0, 0.05) is 72.4 Å². The van der Waals surface area contributed by atoms with E-state index in [1.54, 1.807) is 6.07 Å². The van der Waals surface area contributed by atoms with Crippen molar-refractivity contribution in [2.45, 2.75) is 58.5 Å². The van der Waals surface area contributed by atoms with Crippen LogP contribution in [0.2, 0.25) is 10.0 Å². The molecule has 2 saturated heterocycles. The van der Waals surface area contributed by atoms with Gasteiger partial charge in [-0.2, -0.15) is 5.10 Å². The minimum Gasteiger partial charge on any atom is -0.398 e.